The topological polar surface area (TPSA) is 102 Å². The minimum absolute atomic E-state index is 0.0470. The number of primary sulfonamides is 1. The molecule has 0 saturated carbocycles. The summed E-state index contributed by atoms with van der Waals surface area (Å²) in [5.74, 6) is -1.33. The first-order valence-corrected chi connectivity index (χ1v) is 6.29. The number of H-pyrrole nitrogens is 1. The molecule has 0 unspecified atom stereocenters. The Kier molecular flexibility index (Phi) is 3.09. The van der Waals surface area contributed by atoms with Crippen LogP contribution in [0.1, 0.15) is 11.4 Å². The summed E-state index contributed by atoms with van der Waals surface area (Å²) in [5, 5.41) is 9.95. The number of nitrogens with one attached hydrogen (secondary N) is 1. The summed E-state index contributed by atoms with van der Waals surface area (Å²) in [4.78, 5) is 3.60. The van der Waals surface area contributed by atoms with Crippen LogP contribution in [0.2, 0.25) is 0 Å². The highest BCUT2D eigenvalue weighted by molar-refractivity contribution is 7.89. The van der Waals surface area contributed by atoms with E-state index in [0.29, 0.717) is 0 Å². The molecule has 2 rings (SSSR count). The van der Waals surface area contributed by atoms with Crippen molar-refractivity contribution in [2.24, 2.45) is 5.14 Å². The van der Waals surface area contributed by atoms with E-state index in [-0.39, 0.29) is 17.8 Å². The van der Waals surface area contributed by atoms with Crippen molar-refractivity contribution >= 4 is 10.0 Å². The number of nitrogens with zero attached hydrogens (tertiary/aromatic N) is 2. The molecule has 6 nitrogen and oxygen atoms in total. The van der Waals surface area contributed by atoms with Crippen LogP contribution in [0.4, 0.5) is 8.78 Å². The van der Waals surface area contributed by atoms with Gasteiger partial charge in [0.2, 0.25) is 0 Å². The normalized spacial score (nSPS) is 11.7. The van der Waals surface area contributed by atoms with Gasteiger partial charge >= 0.3 is 0 Å². The number of hydrogen-bond acceptors (Lipinski definition) is 4. The van der Waals surface area contributed by atoms with Gasteiger partial charge in [0.05, 0.1) is 0 Å². The summed E-state index contributed by atoms with van der Waals surface area (Å²) >= 11 is 0. The molecule has 1 heterocycles. The molecule has 0 aliphatic carbocycles. The highest BCUT2D eigenvalue weighted by atomic mass is 32.2. The van der Waals surface area contributed by atoms with E-state index in [2.05, 4.69) is 15.2 Å². The van der Waals surface area contributed by atoms with Crippen LogP contribution in [0.3, 0.4) is 0 Å². The van der Waals surface area contributed by atoms with Gasteiger partial charge in [-0.15, -0.1) is 5.10 Å². The highest BCUT2D eigenvalue weighted by Crippen LogP contribution is 2.13. The van der Waals surface area contributed by atoms with Crippen LogP contribution in [-0.2, 0) is 16.4 Å². The second-order valence-electron chi connectivity index (χ2n) is 3.52. The van der Waals surface area contributed by atoms with Gasteiger partial charge < -0.3 is 0 Å². The largest absolute Gasteiger partial charge is 0.282 e. The number of aromatic amines is 1. The van der Waals surface area contributed by atoms with Gasteiger partial charge in [-0.25, -0.2) is 27.3 Å². The Balaban J connectivity index is 2.27. The van der Waals surface area contributed by atoms with E-state index in [0.717, 1.165) is 12.1 Å². The maximum atomic E-state index is 13.3. The molecule has 2 aromatic rings. The summed E-state index contributed by atoms with van der Waals surface area (Å²) in [7, 11) is -4.00. The van der Waals surface area contributed by atoms with Crippen LogP contribution in [0.15, 0.2) is 23.4 Å². The Hall–Kier alpha value is -1.87. The van der Waals surface area contributed by atoms with Gasteiger partial charge in [-0.3, -0.25) is 5.10 Å². The Morgan fingerprint density at radius 2 is 2.06 bits per heavy atom. The van der Waals surface area contributed by atoms with Crippen LogP contribution < -0.4 is 5.14 Å². The van der Waals surface area contributed by atoms with E-state index in [4.69, 9.17) is 5.14 Å². The molecule has 0 radical (unpaired) electrons. The molecular formula is C9H8F2N4O2S. The van der Waals surface area contributed by atoms with Crippen molar-refractivity contribution < 1.29 is 17.2 Å². The molecule has 96 valence electrons. The smallest absolute Gasteiger partial charge is 0.262 e. The lowest BCUT2D eigenvalue weighted by Gasteiger charge is -1.99. The fourth-order valence-electron chi connectivity index (χ4n) is 1.33. The van der Waals surface area contributed by atoms with Crippen LogP contribution >= 0.6 is 0 Å². The molecule has 0 spiro atoms. The zero-order chi connectivity index (χ0) is 13.3. The lowest BCUT2D eigenvalue weighted by atomic mass is 10.1. The van der Waals surface area contributed by atoms with Crippen molar-refractivity contribution in [2.75, 3.05) is 0 Å². The van der Waals surface area contributed by atoms with Gasteiger partial charge in [0.25, 0.3) is 15.2 Å². The van der Waals surface area contributed by atoms with E-state index in [1.54, 1.807) is 0 Å². The van der Waals surface area contributed by atoms with Crippen LogP contribution in [0, 0.1) is 11.6 Å². The van der Waals surface area contributed by atoms with E-state index >= 15 is 0 Å². The Morgan fingerprint density at radius 1 is 1.33 bits per heavy atom. The maximum Gasteiger partial charge on any atom is 0.282 e. The van der Waals surface area contributed by atoms with Gasteiger partial charge in [0, 0.05) is 12.5 Å². The minimum atomic E-state index is -4.00. The van der Waals surface area contributed by atoms with Crippen molar-refractivity contribution in [3.8, 4) is 0 Å². The molecule has 0 fully saturated rings. The quantitative estimate of drug-likeness (QED) is 0.841. The molecule has 0 bridgehead atoms. The summed E-state index contributed by atoms with van der Waals surface area (Å²) in [6.45, 7) is 0. The lowest BCUT2D eigenvalue weighted by molar-refractivity contribution is 0.573. The van der Waals surface area contributed by atoms with E-state index in [9.17, 15) is 17.2 Å². The van der Waals surface area contributed by atoms with Crippen LogP contribution in [0.5, 0.6) is 0 Å². The third-order valence-electron chi connectivity index (χ3n) is 2.14. The molecule has 0 saturated heterocycles. The second-order valence-corrected chi connectivity index (χ2v) is 4.98. The standard InChI is InChI=1S/C9H8F2N4O2S/c10-6-2-1-5(7(11)4-6)3-8-13-9(15-14-8)18(12,16)17/h1-2,4H,3H2,(H2,12,16,17)(H,13,14,15). The maximum absolute atomic E-state index is 13.3. The molecule has 18 heavy (non-hydrogen) atoms. The zero-order valence-electron chi connectivity index (χ0n) is 8.89. The van der Waals surface area contributed by atoms with Crippen molar-refractivity contribution in [3.05, 3.63) is 41.2 Å². The summed E-state index contributed by atoms with van der Waals surface area (Å²) in [6, 6.07) is 3.06. The average molecular weight is 274 g/mol. The van der Waals surface area contributed by atoms with Gasteiger partial charge in [-0.05, 0) is 11.6 Å². The first kappa shape index (κ1) is 12.6. The first-order chi connectivity index (χ1) is 8.36. The van der Waals surface area contributed by atoms with Crippen molar-refractivity contribution in [1.29, 1.82) is 0 Å². The molecule has 9 heteroatoms. The van der Waals surface area contributed by atoms with Gasteiger partial charge in [-0.1, -0.05) is 6.07 Å². The third-order valence-corrected chi connectivity index (χ3v) is 2.83. The fraction of sp³-hybridized carbons (Fsp3) is 0.111. The lowest BCUT2D eigenvalue weighted by Crippen LogP contribution is -2.14. The van der Waals surface area contributed by atoms with Crippen molar-refractivity contribution in [2.45, 2.75) is 11.6 Å². The summed E-state index contributed by atoms with van der Waals surface area (Å²) in [5.41, 5.74) is 0.161. The molecule has 0 amide bonds. The number of aromatic nitrogens is 3. The molecule has 0 aliphatic rings. The number of sulfonamides is 1. The van der Waals surface area contributed by atoms with E-state index < -0.39 is 26.8 Å². The molecule has 3 N–H and O–H groups in total. The third kappa shape index (κ3) is 2.68. The zero-order valence-corrected chi connectivity index (χ0v) is 9.71. The SMILES string of the molecule is NS(=O)(=O)c1n[nH]c(Cc2ccc(F)cc2F)n1. The summed E-state index contributed by atoms with van der Waals surface area (Å²) in [6.07, 6.45) is -0.0470. The molecule has 0 aliphatic heterocycles. The number of nitrogens with two attached hydrogens (primary N) is 1. The fourth-order valence-corrected chi connectivity index (χ4v) is 1.74. The number of hydrogen-bond donors (Lipinski definition) is 2. The van der Waals surface area contributed by atoms with Crippen LogP contribution in [-0.4, -0.2) is 23.6 Å². The van der Waals surface area contributed by atoms with Gasteiger partial charge in [0.15, 0.2) is 0 Å². The minimum Gasteiger partial charge on any atom is -0.262 e. The summed E-state index contributed by atoms with van der Waals surface area (Å²) < 4.78 is 47.8. The van der Waals surface area contributed by atoms with Crippen LogP contribution in [0.25, 0.3) is 0 Å². The Morgan fingerprint density at radius 3 is 2.61 bits per heavy atom. The Bertz CT molecular complexity index is 684. The van der Waals surface area contributed by atoms with Gasteiger partial charge in [-0.2, -0.15) is 0 Å². The van der Waals surface area contributed by atoms with Gasteiger partial charge in [0.1, 0.15) is 17.5 Å². The van der Waals surface area contributed by atoms with Crippen molar-refractivity contribution in [3.63, 3.8) is 0 Å². The first-order valence-electron chi connectivity index (χ1n) is 4.74. The molecular weight excluding hydrogens is 266 g/mol. The number of rotatable bonds is 3. The predicted octanol–water partition coefficient (Wildman–Crippen LogP) is 0.321. The van der Waals surface area contributed by atoms with E-state index in [1.807, 2.05) is 0 Å². The van der Waals surface area contributed by atoms with E-state index in [1.165, 1.54) is 6.07 Å². The highest BCUT2D eigenvalue weighted by Gasteiger charge is 2.15. The monoisotopic (exact) mass is 274 g/mol. The number of halogens is 2. The second kappa shape index (κ2) is 4.42. The molecule has 1 aromatic heterocycles. The average Bonchev–Trinajstić information content (AvgIpc) is 2.70. The molecule has 0 atom stereocenters. The number of benzene rings is 1. The van der Waals surface area contributed by atoms with Crippen molar-refractivity contribution in [1.82, 2.24) is 15.2 Å². The molecule has 1 aromatic carbocycles. The Labute approximate surface area is 101 Å². The predicted molar refractivity (Wildman–Crippen MR) is 56.9 cm³/mol.